The Morgan fingerprint density at radius 3 is 2.50 bits per heavy atom. The minimum absolute atomic E-state index is 0.514. The molecule has 0 saturated carbocycles. The molecule has 1 saturated heterocycles. The Hall–Kier alpha value is 0.0969. The fraction of sp³-hybridized carbons (Fsp3) is 1.00. The highest BCUT2D eigenvalue weighted by Crippen LogP contribution is 2.17. The molecule has 1 aliphatic rings. The van der Waals surface area contributed by atoms with E-state index < -0.39 is 9.28 Å². The number of hydrogen-bond acceptors (Lipinski definition) is 3. The third-order valence-electron chi connectivity index (χ3n) is 1.65. The van der Waals surface area contributed by atoms with Gasteiger partial charge in [0.15, 0.2) is 0 Å². The van der Waals surface area contributed by atoms with Crippen LogP contribution in [0.4, 0.5) is 0 Å². The van der Waals surface area contributed by atoms with Crippen LogP contribution in [0.25, 0.3) is 0 Å². The molecule has 4 heteroatoms. The van der Waals surface area contributed by atoms with E-state index in [0.29, 0.717) is 6.10 Å². The highest BCUT2D eigenvalue weighted by Gasteiger charge is 2.24. The summed E-state index contributed by atoms with van der Waals surface area (Å²) in [5.41, 5.74) is 0. The predicted octanol–water partition coefficient (Wildman–Crippen LogP) is 0.289. The van der Waals surface area contributed by atoms with Crippen LogP contribution in [0.3, 0.4) is 0 Å². The number of ether oxygens (including phenoxy) is 1. The SMILES string of the molecule is CO[SiH](CCC1CO1)OC. The van der Waals surface area contributed by atoms with Crippen molar-refractivity contribution in [3.63, 3.8) is 0 Å². The molecule has 1 atom stereocenters. The van der Waals surface area contributed by atoms with Crippen molar-refractivity contribution in [2.24, 2.45) is 0 Å². The molecule has 3 nitrogen and oxygen atoms in total. The van der Waals surface area contributed by atoms with Crippen LogP contribution < -0.4 is 0 Å². The van der Waals surface area contributed by atoms with Crippen molar-refractivity contribution in [3.05, 3.63) is 0 Å². The van der Waals surface area contributed by atoms with Gasteiger partial charge < -0.3 is 13.6 Å². The van der Waals surface area contributed by atoms with E-state index in [0.717, 1.165) is 19.1 Å². The lowest BCUT2D eigenvalue weighted by atomic mass is 10.4. The average Bonchev–Trinajstić information content (AvgIpc) is 2.74. The second-order valence-electron chi connectivity index (χ2n) is 2.43. The van der Waals surface area contributed by atoms with Gasteiger partial charge in [0.2, 0.25) is 0 Å². The summed E-state index contributed by atoms with van der Waals surface area (Å²) in [6, 6.07) is 1.07. The quantitative estimate of drug-likeness (QED) is 0.430. The first kappa shape index (κ1) is 8.20. The molecular formula is C6H14O3Si. The zero-order valence-corrected chi connectivity index (χ0v) is 7.66. The van der Waals surface area contributed by atoms with E-state index in [9.17, 15) is 0 Å². The molecule has 1 heterocycles. The Kier molecular flexibility index (Phi) is 3.34. The van der Waals surface area contributed by atoms with Gasteiger partial charge in [-0.05, 0) is 12.5 Å². The summed E-state index contributed by atoms with van der Waals surface area (Å²) < 4.78 is 15.3. The Morgan fingerprint density at radius 1 is 1.50 bits per heavy atom. The maximum atomic E-state index is 5.14. The second kappa shape index (κ2) is 4.08. The van der Waals surface area contributed by atoms with Gasteiger partial charge >= 0.3 is 9.28 Å². The van der Waals surface area contributed by atoms with Gasteiger partial charge in [-0.1, -0.05) is 0 Å². The van der Waals surface area contributed by atoms with E-state index >= 15 is 0 Å². The molecule has 0 bridgehead atoms. The molecule has 1 rings (SSSR count). The van der Waals surface area contributed by atoms with Crippen molar-refractivity contribution in [1.29, 1.82) is 0 Å². The molecule has 0 spiro atoms. The lowest BCUT2D eigenvalue weighted by molar-refractivity contribution is 0.274. The highest BCUT2D eigenvalue weighted by molar-refractivity contribution is 6.44. The van der Waals surface area contributed by atoms with Crippen molar-refractivity contribution < 1.29 is 13.6 Å². The van der Waals surface area contributed by atoms with Crippen LogP contribution in [-0.2, 0) is 13.6 Å². The molecule has 0 amide bonds. The van der Waals surface area contributed by atoms with E-state index in [-0.39, 0.29) is 0 Å². The van der Waals surface area contributed by atoms with Crippen molar-refractivity contribution in [1.82, 2.24) is 0 Å². The van der Waals surface area contributed by atoms with E-state index in [4.69, 9.17) is 13.6 Å². The molecule has 1 aliphatic heterocycles. The van der Waals surface area contributed by atoms with Crippen LogP contribution in [0, 0.1) is 0 Å². The smallest absolute Gasteiger partial charge is 0.320 e. The van der Waals surface area contributed by atoms with Crippen LogP contribution in [-0.4, -0.2) is 36.2 Å². The first-order valence-electron chi connectivity index (χ1n) is 3.54. The van der Waals surface area contributed by atoms with Crippen LogP contribution in [0.1, 0.15) is 6.42 Å². The minimum Gasteiger partial charge on any atom is -0.400 e. The summed E-state index contributed by atoms with van der Waals surface area (Å²) in [5, 5.41) is 0. The molecule has 1 unspecified atom stereocenters. The molecule has 0 aromatic heterocycles. The van der Waals surface area contributed by atoms with E-state index in [2.05, 4.69) is 0 Å². The predicted molar refractivity (Wildman–Crippen MR) is 40.3 cm³/mol. The Bertz CT molecular complexity index is 91.0. The van der Waals surface area contributed by atoms with Crippen LogP contribution >= 0.6 is 0 Å². The zero-order chi connectivity index (χ0) is 7.40. The Balaban J connectivity index is 1.97. The molecule has 0 aliphatic carbocycles. The summed E-state index contributed by atoms with van der Waals surface area (Å²) in [4.78, 5) is 0. The summed E-state index contributed by atoms with van der Waals surface area (Å²) in [7, 11) is 2.14. The third-order valence-corrected chi connectivity index (χ3v) is 3.51. The maximum Gasteiger partial charge on any atom is 0.320 e. The lowest BCUT2D eigenvalue weighted by Gasteiger charge is -2.08. The van der Waals surface area contributed by atoms with Crippen LogP contribution in [0.5, 0.6) is 0 Å². The molecular weight excluding hydrogens is 148 g/mol. The molecule has 0 aromatic carbocycles. The third kappa shape index (κ3) is 2.79. The number of rotatable bonds is 5. The Labute approximate surface area is 63.1 Å². The monoisotopic (exact) mass is 162 g/mol. The van der Waals surface area contributed by atoms with Crippen LogP contribution in [0.15, 0.2) is 0 Å². The van der Waals surface area contributed by atoms with E-state index in [1.165, 1.54) is 0 Å². The summed E-state index contributed by atoms with van der Waals surface area (Å²) in [5.74, 6) is 0. The summed E-state index contributed by atoms with van der Waals surface area (Å²) >= 11 is 0. The van der Waals surface area contributed by atoms with Gasteiger partial charge in [-0.2, -0.15) is 0 Å². The van der Waals surface area contributed by atoms with E-state index in [1.54, 1.807) is 14.2 Å². The number of hydrogen-bond donors (Lipinski definition) is 0. The molecule has 0 aromatic rings. The summed E-state index contributed by atoms with van der Waals surface area (Å²) in [6.45, 7) is 0.939. The standard InChI is InChI=1S/C6H14O3Si/c1-7-10(8-2)4-3-6-5-9-6/h6,10H,3-5H2,1-2H3. The van der Waals surface area contributed by atoms with Gasteiger partial charge in [0, 0.05) is 14.2 Å². The minimum atomic E-state index is -1.29. The van der Waals surface area contributed by atoms with Gasteiger partial charge in [0.05, 0.1) is 12.7 Å². The fourth-order valence-electron chi connectivity index (χ4n) is 0.889. The first-order chi connectivity index (χ1) is 4.86. The average molecular weight is 162 g/mol. The molecule has 0 N–H and O–H groups in total. The summed E-state index contributed by atoms with van der Waals surface area (Å²) in [6.07, 6.45) is 1.62. The van der Waals surface area contributed by atoms with Gasteiger partial charge in [-0.25, -0.2) is 0 Å². The fourth-order valence-corrected chi connectivity index (χ4v) is 2.20. The highest BCUT2D eigenvalue weighted by atomic mass is 28.3. The second-order valence-corrected chi connectivity index (χ2v) is 4.81. The van der Waals surface area contributed by atoms with Gasteiger partial charge in [0.1, 0.15) is 0 Å². The topological polar surface area (TPSA) is 31.0 Å². The maximum absolute atomic E-state index is 5.14. The van der Waals surface area contributed by atoms with Gasteiger partial charge in [-0.15, -0.1) is 0 Å². The molecule has 0 radical (unpaired) electrons. The normalized spacial score (nSPS) is 23.7. The van der Waals surface area contributed by atoms with Gasteiger partial charge in [-0.3, -0.25) is 0 Å². The Morgan fingerprint density at radius 2 is 2.10 bits per heavy atom. The molecule has 60 valence electrons. The van der Waals surface area contributed by atoms with Crippen LogP contribution in [0.2, 0.25) is 6.04 Å². The van der Waals surface area contributed by atoms with Crippen molar-refractivity contribution in [2.45, 2.75) is 18.6 Å². The van der Waals surface area contributed by atoms with Crippen molar-refractivity contribution in [2.75, 3.05) is 20.8 Å². The molecule has 10 heavy (non-hydrogen) atoms. The van der Waals surface area contributed by atoms with E-state index in [1.807, 2.05) is 0 Å². The van der Waals surface area contributed by atoms with Crippen molar-refractivity contribution >= 4 is 9.28 Å². The number of epoxide rings is 1. The molecule has 1 fully saturated rings. The van der Waals surface area contributed by atoms with Gasteiger partial charge in [0.25, 0.3) is 0 Å². The zero-order valence-electron chi connectivity index (χ0n) is 6.50. The largest absolute Gasteiger partial charge is 0.400 e. The van der Waals surface area contributed by atoms with Crippen molar-refractivity contribution in [3.8, 4) is 0 Å². The first-order valence-corrected chi connectivity index (χ1v) is 5.30. The lowest BCUT2D eigenvalue weighted by Crippen LogP contribution is -2.19.